The van der Waals surface area contributed by atoms with Crippen LogP contribution in [0.3, 0.4) is 0 Å². The summed E-state index contributed by atoms with van der Waals surface area (Å²) in [6.07, 6.45) is 3.28. The molecule has 0 saturated carbocycles. The molecule has 0 radical (unpaired) electrons. The number of rotatable bonds is 6. The van der Waals surface area contributed by atoms with Gasteiger partial charge in [0.05, 0.1) is 16.4 Å². The summed E-state index contributed by atoms with van der Waals surface area (Å²) in [5.74, 6) is -1.22. The van der Waals surface area contributed by atoms with Gasteiger partial charge in [-0.05, 0) is 56.0 Å². The molecule has 1 fully saturated rings. The predicted molar refractivity (Wildman–Crippen MR) is 106 cm³/mol. The van der Waals surface area contributed by atoms with Gasteiger partial charge < -0.3 is 9.30 Å². The Balaban J connectivity index is 1.87. The van der Waals surface area contributed by atoms with Gasteiger partial charge in [-0.3, -0.25) is 24.6 Å². The van der Waals surface area contributed by atoms with Crippen molar-refractivity contribution in [2.45, 2.75) is 19.9 Å². The van der Waals surface area contributed by atoms with Crippen molar-refractivity contribution in [3.8, 4) is 5.69 Å². The zero-order valence-electron chi connectivity index (χ0n) is 15.6. The highest BCUT2D eigenvalue weighted by Crippen LogP contribution is 2.34. The summed E-state index contributed by atoms with van der Waals surface area (Å²) in [5, 5.41) is 10.3. The molecule has 0 aliphatic carbocycles. The Kier molecular flexibility index (Phi) is 5.83. The molecule has 29 heavy (non-hydrogen) atoms. The molecule has 2 aromatic rings. The van der Waals surface area contributed by atoms with E-state index >= 15 is 0 Å². The van der Waals surface area contributed by atoms with Gasteiger partial charge in [0.25, 0.3) is 16.8 Å². The molecule has 0 N–H and O–H groups in total. The van der Waals surface area contributed by atoms with Gasteiger partial charge in [0.2, 0.25) is 0 Å². The maximum absolute atomic E-state index is 12.7. The molecule has 1 saturated heterocycles. The molecule has 2 amide bonds. The van der Waals surface area contributed by atoms with Crippen LogP contribution < -0.4 is 0 Å². The third-order valence-corrected chi connectivity index (χ3v) is 5.12. The number of nitro benzene ring substituents is 1. The van der Waals surface area contributed by atoms with Gasteiger partial charge in [-0.15, -0.1) is 0 Å². The van der Waals surface area contributed by atoms with E-state index < -0.39 is 28.1 Å². The number of thioether (sulfide) groups is 1. The third kappa shape index (κ3) is 4.06. The van der Waals surface area contributed by atoms with E-state index in [2.05, 4.69) is 0 Å². The Bertz CT molecular complexity index is 1010. The monoisotopic (exact) mass is 415 g/mol. The molecule has 1 aliphatic heterocycles. The SMILES string of the molecule is CCOC(=O)[C@H](C)N1C(=O)S/C(=C\c2cccn2-c2ccc([N+](=O)[O-])cc2)C1=O. The lowest BCUT2D eigenvalue weighted by atomic mass is 10.2. The van der Waals surface area contributed by atoms with Crippen LogP contribution in [-0.4, -0.2) is 44.2 Å². The van der Waals surface area contributed by atoms with Crippen molar-refractivity contribution in [1.29, 1.82) is 0 Å². The first-order chi connectivity index (χ1) is 13.8. The van der Waals surface area contributed by atoms with Crippen molar-refractivity contribution in [2.24, 2.45) is 0 Å². The van der Waals surface area contributed by atoms with Crippen molar-refractivity contribution in [2.75, 3.05) is 6.61 Å². The maximum Gasteiger partial charge on any atom is 0.329 e. The van der Waals surface area contributed by atoms with Crippen LogP contribution in [0, 0.1) is 10.1 Å². The van der Waals surface area contributed by atoms with E-state index in [1.165, 1.54) is 19.1 Å². The first-order valence-corrected chi connectivity index (χ1v) is 9.51. The van der Waals surface area contributed by atoms with Crippen LogP contribution in [-0.2, 0) is 14.3 Å². The Morgan fingerprint density at radius 3 is 2.59 bits per heavy atom. The number of amides is 2. The summed E-state index contributed by atoms with van der Waals surface area (Å²) in [7, 11) is 0. The van der Waals surface area contributed by atoms with Crippen LogP contribution in [0.1, 0.15) is 19.5 Å². The number of hydrogen-bond acceptors (Lipinski definition) is 7. The average Bonchev–Trinajstić information content (AvgIpc) is 3.26. The minimum absolute atomic E-state index is 0.0310. The molecule has 10 heteroatoms. The molecule has 3 rings (SSSR count). The summed E-state index contributed by atoms with van der Waals surface area (Å²) in [6, 6.07) is 8.41. The van der Waals surface area contributed by atoms with Crippen LogP contribution in [0.15, 0.2) is 47.5 Å². The Labute approximate surface area is 170 Å². The summed E-state index contributed by atoms with van der Waals surface area (Å²) in [6.45, 7) is 3.24. The molecule has 1 aromatic heterocycles. The van der Waals surface area contributed by atoms with Gasteiger partial charge in [-0.2, -0.15) is 0 Å². The number of hydrogen-bond donors (Lipinski definition) is 0. The average molecular weight is 415 g/mol. The van der Waals surface area contributed by atoms with Gasteiger partial charge in [-0.25, -0.2) is 4.79 Å². The van der Waals surface area contributed by atoms with Crippen molar-refractivity contribution in [3.05, 3.63) is 63.3 Å². The molecule has 1 aliphatic rings. The number of carbonyl (C=O) groups excluding carboxylic acids is 3. The van der Waals surface area contributed by atoms with Crippen LogP contribution in [0.5, 0.6) is 0 Å². The quantitative estimate of drug-likeness (QED) is 0.308. The van der Waals surface area contributed by atoms with Crippen molar-refractivity contribution < 1.29 is 24.0 Å². The fraction of sp³-hybridized carbons (Fsp3) is 0.211. The lowest BCUT2D eigenvalue weighted by Crippen LogP contribution is -2.42. The molecule has 0 spiro atoms. The second-order valence-corrected chi connectivity index (χ2v) is 7.05. The first-order valence-electron chi connectivity index (χ1n) is 8.69. The van der Waals surface area contributed by atoms with Crippen LogP contribution in [0.25, 0.3) is 11.8 Å². The highest BCUT2D eigenvalue weighted by molar-refractivity contribution is 8.18. The van der Waals surface area contributed by atoms with Crippen molar-refractivity contribution in [3.63, 3.8) is 0 Å². The van der Waals surface area contributed by atoms with Gasteiger partial charge >= 0.3 is 5.97 Å². The number of carbonyl (C=O) groups is 3. The van der Waals surface area contributed by atoms with Crippen molar-refractivity contribution in [1.82, 2.24) is 9.47 Å². The topological polar surface area (TPSA) is 112 Å². The minimum Gasteiger partial charge on any atom is -0.464 e. The fourth-order valence-electron chi connectivity index (χ4n) is 2.80. The molecular formula is C19H17N3O6S. The molecule has 9 nitrogen and oxygen atoms in total. The fourth-order valence-corrected chi connectivity index (χ4v) is 3.69. The second-order valence-electron chi connectivity index (χ2n) is 6.06. The van der Waals surface area contributed by atoms with Gasteiger partial charge in [0, 0.05) is 29.7 Å². The summed E-state index contributed by atoms with van der Waals surface area (Å²) in [4.78, 5) is 48.3. The van der Waals surface area contributed by atoms with E-state index in [9.17, 15) is 24.5 Å². The molecule has 0 bridgehead atoms. The Morgan fingerprint density at radius 1 is 1.28 bits per heavy atom. The van der Waals surface area contributed by atoms with E-state index in [0.717, 1.165) is 16.7 Å². The lowest BCUT2D eigenvalue weighted by Gasteiger charge is -2.19. The molecule has 1 aromatic carbocycles. The Morgan fingerprint density at radius 2 is 1.97 bits per heavy atom. The number of nitrogens with zero attached hydrogens (tertiary/aromatic N) is 3. The second kappa shape index (κ2) is 8.31. The van der Waals surface area contributed by atoms with E-state index in [1.807, 2.05) is 0 Å². The Hall–Kier alpha value is -3.40. The number of ether oxygens (including phenoxy) is 1. The van der Waals surface area contributed by atoms with E-state index in [1.54, 1.807) is 48.0 Å². The van der Waals surface area contributed by atoms with E-state index in [-0.39, 0.29) is 17.2 Å². The zero-order chi connectivity index (χ0) is 21.1. The van der Waals surface area contributed by atoms with Gasteiger partial charge in [-0.1, -0.05) is 0 Å². The molecule has 1 atom stereocenters. The lowest BCUT2D eigenvalue weighted by molar-refractivity contribution is -0.384. The highest BCUT2D eigenvalue weighted by atomic mass is 32.2. The third-order valence-electron chi connectivity index (χ3n) is 4.24. The first kappa shape index (κ1) is 20.3. The summed E-state index contributed by atoms with van der Waals surface area (Å²) >= 11 is 0.742. The summed E-state index contributed by atoms with van der Waals surface area (Å²) < 4.78 is 6.62. The number of non-ortho nitro benzene ring substituents is 1. The largest absolute Gasteiger partial charge is 0.464 e. The smallest absolute Gasteiger partial charge is 0.329 e. The predicted octanol–water partition coefficient (Wildman–Crippen LogP) is 3.37. The zero-order valence-corrected chi connectivity index (χ0v) is 16.4. The van der Waals surface area contributed by atoms with E-state index in [0.29, 0.717) is 11.4 Å². The summed E-state index contributed by atoms with van der Waals surface area (Å²) in [5.41, 5.74) is 1.23. The van der Waals surface area contributed by atoms with Gasteiger partial charge in [0.15, 0.2) is 0 Å². The number of esters is 1. The molecule has 0 unspecified atom stereocenters. The van der Waals surface area contributed by atoms with Gasteiger partial charge in [0.1, 0.15) is 6.04 Å². The molecular weight excluding hydrogens is 398 g/mol. The highest BCUT2D eigenvalue weighted by Gasteiger charge is 2.41. The number of nitro groups is 1. The van der Waals surface area contributed by atoms with E-state index in [4.69, 9.17) is 4.74 Å². The standard InChI is InChI=1S/C19H17N3O6S/c1-3-28-18(24)12(2)21-17(23)16(29-19(21)25)11-15-5-4-10-20(15)13-6-8-14(9-7-13)22(26)27/h4-12H,3H2,1-2H3/b16-11-/t12-/m0/s1. The minimum atomic E-state index is -1.02. The number of benzene rings is 1. The maximum atomic E-state index is 12.7. The molecule has 2 heterocycles. The normalized spacial score (nSPS) is 16.3. The van der Waals surface area contributed by atoms with Crippen LogP contribution in [0.4, 0.5) is 10.5 Å². The van der Waals surface area contributed by atoms with Crippen LogP contribution in [0.2, 0.25) is 0 Å². The van der Waals surface area contributed by atoms with Crippen molar-refractivity contribution >= 4 is 40.6 Å². The van der Waals surface area contributed by atoms with Crippen LogP contribution >= 0.6 is 11.8 Å². The molecule has 150 valence electrons. The number of aromatic nitrogens is 1. The number of imide groups is 1.